The zero-order chi connectivity index (χ0) is 18.0. The van der Waals surface area contributed by atoms with Crippen LogP contribution >= 0.6 is 0 Å². The molecule has 0 spiro atoms. The molecule has 25 heavy (non-hydrogen) atoms. The van der Waals surface area contributed by atoms with Gasteiger partial charge >= 0.3 is 0 Å². The summed E-state index contributed by atoms with van der Waals surface area (Å²) in [6.45, 7) is 5.78. The van der Waals surface area contributed by atoms with Crippen molar-refractivity contribution in [3.63, 3.8) is 0 Å². The Hall–Kier alpha value is -2.56. The van der Waals surface area contributed by atoms with E-state index in [-0.39, 0.29) is 30.0 Å². The number of fused-ring (bicyclic) bond motifs is 1. The van der Waals surface area contributed by atoms with E-state index < -0.39 is 0 Å². The highest BCUT2D eigenvalue weighted by molar-refractivity contribution is 5.78. The average Bonchev–Trinajstić information content (AvgIpc) is 2.87. The molecule has 1 atom stereocenters. The summed E-state index contributed by atoms with van der Waals surface area (Å²) in [4.78, 5) is 12.1. The van der Waals surface area contributed by atoms with E-state index >= 15 is 0 Å². The maximum absolute atomic E-state index is 13.0. The Balaban J connectivity index is 1.59. The molecule has 0 radical (unpaired) electrons. The lowest BCUT2D eigenvalue weighted by molar-refractivity contribution is -0.123. The third-order valence-corrected chi connectivity index (χ3v) is 4.16. The van der Waals surface area contributed by atoms with Gasteiger partial charge in [0.25, 0.3) is 5.91 Å². The molecule has 1 unspecified atom stereocenters. The summed E-state index contributed by atoms with van der Waals surface area (Å²) in [6, 6.07) is 11.5. The Labute approximate surface area is 147 Å². The van der Waals surface area contributed by atoms with Gasteiger partial charge in [0.05, 0.1) is 6.04 Å². The second-order valence-electron chi connectivity index (χ2n) is 6.91. The van der Waals surface area contributed by atoms with Crippen LogP contribution in [0, 0.1) is 5.82 Å². The van der Waals surface area contributed by atoms with Gasteiger partial charge in [-0.15, -0.1) is 0 Å². The molecule has 2 aromatic rings. The van der Waals surface area contributed by atoms with E-state index in [1.165, 1.54) is 12.1 Å². The molecule has 0 aliphatic carbocycles. The molecule has 0 saturated heterocycles. The van der Waals surface area contributed by atoms with Crippen molar-refractivity contribution in [2.75, 3.05) is 6.61 Å². The van der Waals surface area contributed by atoms with Gasteiger partial charge in [-0.05, 0) is 44.5 Å². The van der Waals surface area contributed by atoms with Crippen LogP contribution < -0.4 is 14.8 Å². The fourth-order valence-corrected chi connectivity index (χ4v) is 2.96. The normalized spacial score (nSPS) is 15.8. The number of ether oxygens (including phenoxy) is 2. The van der Waals surface area contributed by atoms with Gasteiger partial charge in [0, 0.05) is 12.0 Å². The maximum atomic E-state index is 13.0. The molecule has 1 aliphatic heterocycles. The molecule has 1 amide bonds. The van der Waals surface area contributed by atoms with Crippen LogP contribution in [0.15, 0.2) is 42.5 Å². The highest BCUT2D eigenvalue weighted by Gasteiger charge is 2.32. The number of nitrogens with one attached hydrogen (secondary N) is 1. The molecule has 132 valence electrons. The lowest BCUT2D eigenvalue weighted by Gasteiger charge is -2.18. The number of benzene rings is 2. The van der Waals surface area contributed by atoms with Crippen LogP contribution in [0.25, 0.3) is 0 Å². The van der Waals surface area contributed by atoms with Gasteiger partial charge < -0.3 is 14.8 Å². The van der Waals surface area contributed by atoms with Crippen molar-refractivity contribution in [3.05, 3.63) is 59.4 Å². The van der Waals surface area contributed by atoms with Crippen molar-refractivity contribution in [1.29, 1.82) is 0 Å². The number of hydrogen-bond acceptors (Lipinski definition) is 3. The van der Waals surface area contributed by atoms with Crippen molar-refractivity contribution < 1.29 is 18.7 Å². The molecule has 2 aromatic carbocycles. The molecule has 0 aromatic heterocycles. The first kappa shape index (κ1) is 17.3. The van der Waals surface area contributed by atoms with E-state index in [4.69, 9.17) is 9.47 Å². The zero-order valence-electron chi connectivity index (χ0n) is 14.6. The van der Waals surface area contributed by atoms with Gasteiger partial charge in [-0.25, -0.2) is 4.39 Å². The molecule has 0 saturated carbocycles. The minimum Gasteiger partial charge on any atom is -0.483 e. The third-order valence-electron chi connectivity index (χ3n) is 4.16. The van der Waals surface area contributed by atoms with Gasteiger partial charge in [-0.1, -0.05) is 24.3 Å². The van der Waals surface area contributed by atoms with Gasteiger partial charge in [-0.3, -0.25) is 4.79 Å². The summed E-state index contributed by atoms with van der Waals surface area (Å²) >= 11 is 0. The molecule has 1 heterocycles. The lowest BCUT2D eigenvalue weighted by atomic mass is 10.0. The monoisotopic (exact) mass is 343 g/mol. The molecule has 4 nitrogen and oxygen atoms in total. The fourth-order valence-electron chi connectivity index (χ4n) is 2.96. The van der Waals surface area contributed by atoms with Crippen molar-refractivity contribution in [1.82, 2.24) is 5.32 Å². The van der Waals surface area contributed by atoms with Crippen LogP contribution in [0.1, 0.15) is 37.9 Å². The summed E-state index contributed by atoms with van der Waals surface area (Å²) in [5.74, 6) is 0.748. The van der Waals surface area contributed by atoms with Crippen molar-refractivity contribution >= 4 is 5.91 Å². The van der Waals surface area contributed by atoms with Crippen LogP contribution in [0.4, 0.5) is 4.39 Å². The second kappa shape index (κ2) is 6.75. The first-order valence-electron chi connectivity index (χ1n) is 8.32. The number of halogens is 1. The molecular weight excluding hydrogens is 321 g/mol. The summed E-state index contributed by atoms with van der Waals surface area (Å²) in [7, 11) is 0. The van der Waals surface area contributed by atoms with E-state index in [1.54, 1.807) is 18.2 Å². The minimum absolute atomic E-state index is 0.105. The van der Waals surface area contributed by atoms with E-state index in [2.05, 4.69) is 5.32 Å². The molecule has 5 heteroatoms. The molecular formula is C20H22FNO3. The largest absolute Gasteiger partial charge is 0.483 e. The predicted octanol–water partition coefficient (Wildman–Crippen LogP) is 3.80. The summed E-state index contributed by atoms with van der Waals surface area (Å²) in [5.41, 5.74) is 1.66. The zero-order valence-corrected chi connectivity index (χ0v) is 14.6. The Kier molecular flexibility index (Phi) is 4.66. The van der Waals surface area contributed by atoms with E-state index in [9.17, 15) is 9.18 Å². The first-order valence-corrected chi connectivity index (χ1v) is 8.32. The fraction of sp³-hybridized carbons (Fsp3) is 0.350. The van der Waals surface area contributed by atoms with Crippen molar-refractivity contribution in [2.45, 2.75) is 38.8 Å². The molecule has 0 bridgehead atoms. The number of amides is 1. The molecule has 1 N–H and O–H groups in total. The Morgan fingerprint density at radius 1 is 1.28 bits per heavy atom. The average molecular weight is 343 g/mol. The number of carbonyl (C=O) groups excluding carboxylic acids is 1. The first-order chi connectivity index (χ1) is 11.8. The van der Waals surface area contributed by atoms with Crippen LogP contribution in [0.2, 0.25) is 0 Å². The quantitative estimate of drug-likeness (QED) is 0.898. The highest BCUT2D eigenvalue weighted by Crippen LogP contribution is 2.41. The topological polar surface area (TPSA) is 47.6 Å². The van der Waals surface area contributed by atoms with E-state index in [0.29, 0.717) is 11.5 Å². The maximum Gasteiger partial charge on any atom is 0.258 e. The van der Waals surface area contributed by atoms with Gasteiger partial charge in [0.15, 0.2) is 18.1 Å². The van der Waals surface area contributed by atoms with Crippen molar-refractivity contribution in [2.24, 2.45) is 0 Å². The number of hydrogen-bond donors (Lipinski definition) is 1. The van der Waals surface area contributed by atoms with Crippen LogP contribution in [-0.4, -0.2) is 18.1 Å². The summed E-state index contributed by atoms with van der Waals surface area (Å²) in [6.07, 6.45) is 0.813. The predicted molar refractivity (Wildman–Crippen MR) is 93.3 cm³/mol. The van der Waals surface area contributed by atoms with Crippen molar-refractivity contribution in [3.8, 4) is 11.5 Å². The van der Waals surface area contributed by atoms with E-state index in [0.717, 1.165) is 17.5 Å². The van der Waals surface area contributed by atoms with Crippen LogP contribution in [0.5, 0.6) is 11.5 Å². The highest BCUT2D eigenvalue weighted by atomic mass is 19.1. The Morgan fingerprint density at radius 3 is 2.72 bits per heavy atom. The number of rotatable bonds is 5. The minimum atomic E-state index is -0.300. The molecule has 1 aliphatic rings. The van der Waals surface area contributed by atoms with Crippen LogP contribution in [0.3, 0.4) is 0 Å². The SMILES string of the molecule is CC(NC(=O)COc1cccc2c1OC(C)(C)C2)c1ccc(F)cc1. The van der Waals surface area contributed by atoms with E-state index in [1.807, 2.05) is 32.9 Å². The molecule has 0 fully saturated rings. The third kappa shape index (κ3) is 4.10. The second-order valence-corrected chi connectivity index (χ2v) is 6.91. The number of para-hydroxylation sites is 1. The van der Waals surface area contributed by atoms with Gasteiger partial charge in [-0.2, -0.15) is 0 Å². The van der Waals surface area contributed by atoms with Crippen LogP contribution in [-0.2, 0) is 11.2 Å². The summed E-state index contributed by atoms with van der Waals surface area (Å²) in [5, 5.41) is 2.84. The van der Waals surface area contributed by atoms with Gasteiger partial charge in [0.1, 0.15) is 11.4 Å². The standard InChI is InChI=1S/C20H22FNO3/c1-13(14-7-9-16(21)10-8-14)22-18(23)12-24-17-6-4-5-15-11-20(2,3)25-19(15)17/h4-10,13H,11-12H2,1-3H3,(H,22,23). The van der Waals surface area contributed by atoms with Gasteiger partial charge in [0.2, 0.25) is 0 Å². The Bertz CT molecular complexity index is 771. The summed E-state index contributed by atoms with van der Waals surface area (Å²) < 4.78 is 24.6. The number of carbonyl (C=O) groups is 1. The smallest absolute Gasteiger partial charge is 0.258 e. The Morgan fingerprint density at radius 2 is 2.00 bits per heavy atom. The lowest BCUT2D eigenvalue weighted by Crippen LogP contribution is -2.31. The molecule has 3 rings (SSSR count).